The third kappa shape index (κ3) is 6.30. The molecule has 3 rings (SSSR count). The lowest BCUT2D eigenvalue weighted by molar-refractivity contribution is -0.137. The van der Waals surface area contributed by atoms with Crippen LogP contribution >= 0.6 is 0 Å². The van der Waals surface area contributed by atoms with Gasteiger partial charge in [-0.05, 0) is 30.0 Å². The summed E-state index contributed by atoms with van der Waals surface area (Å²) < 4.78 is 39.3. The van der Waals surface area contributed by atoms with Crippen molar-refractivity contribution in [3.8, 4) is 0 Å². The molecule has 0 aromatic heterocycles. The molecular formula is C26H29F3N4O3. The van der Waals surface area contributed by atoms with Crippen LogP contribution in [0.25, 0.3) is 0 Å². The smallest absolute Gasteiger partial charge is 0.370 e. The minimum Gasteiger partial charge on any atom is -0.370 e. The number of likely N-dealkylation sites (N-methyl/N-ethyl adjacent to an activating group) is 1. The molecule has 36 heavy (non-hydrogen) atoms. The maximum atomic E-state index is 13.3. The van der Waals surface area contributed by atoms with E-state index in [1.165, 1.54) is 24.1 Å². The number of benzodiazepines with no additional fused rings is 1. The topological polar surface area (TPSA) is 105 Å². The lowest BCUT2D eigenvalue weighted by Gasteiger charge is -2.26. The van der Waals surface area contributed by atoms with Crippen molar-refractivity contribution in [3.05, 3.63) is 65.2 Å². The van der Waals surface area contributed by atoms with Gasteiger partial charge in [-0.25, -0.2) is 4.99 Å². The number of para-hydroxylation sites is 1. The van der Waals surface area contributed by atoms with E-state index in [4.69, 9.17) is 5.73 Å². The Kier molecular flexibility index (Phi) is 7.56. The summed E-state index contributed by atoms with van der Waals surface area (Å²) in [5.74, 6) is -2.52. The molecule has 0 saturated carbocycles. The number of hydrogen-bond donors (Lipinski definition) is 2. The fourth-order valence-electron chi connectivity index (χ4n) is 4.16. The summed E-state index contributed by atoms with van der Waals surface area (Å²) in [5.41, 5.74) is 5.85. The molecule has 2 atom stereocenters. The van der Waals surface area contributed by atoms with Crippen molar-refractivity contribution in [3.63, 3.8) is 0 Å². The molecule has 1 heterocycles. The summed E-state index contributed by atoms with van der Waals surface area (Å²) in [5, 5.41) is 2.63. The van der Waals surface area contributed by atoms with Crippen LogP contribution in [0, 0.1) is 11.3 Å². The van der Waals surface area contributed by atoms with Gasteiger partial charge >= 0.3 is 6.18 Å². The summed E-state index contributed by atoms with van der Waals surface area (Å²) in [4.78, 5) is 43.9. The minimum absolute atomic E-state index is 0.199. The third-order valence-corrected chi connectivity index (χ3v) is 5.79. The number of fused-ring (bicyclic) bond motifs is 1. The third-order valence-electron chi connectivity index (χ3n) is 5.79. The zero-order chi connectivity index (χ0) is 26.8. The number of nitrogens with two attached hydrogens (primary N) is 1. The molecule has 0 bridgehead atoms. The molecule has 3 amide bonds. The number of aliphatic imine (C=N–C) groups is 1. The van der Waals surface area contributed by atoms with Gasteiger partial charge in [0.2, 0.25) is 18.0 Å². The number of halogens is 3. The van der Waals surface area contributed by atoms with E-state index >= 15 is 0 Å². The summed E-state index contributed by atoms with van der Waals surface area (Å²) in [6, 6.07) is 11.3. The van der Waals surface area contributed by atoms with Crippen molar-refractivity contribution >= 4 is 29.1 Å². The number of hydrogen-bond acceptors (Lipinski definition) is 4. The molecule has 0 radical (unpaired) electrons. The molecule has 2 aromatic carbocycles. The Morgan fingerprint density at radius 2 is 1.69 bits per heavy atom. The fourth-order valence-corrected chi connectivity index (χ4v) is 4.16. The molecule has 1 aliphatic heterocycles. The van der Waals surface area contributed by atoms with E-state index in [2.05, 4.69) is 10.3 Å². The maximum Gasteiger partial charge on any atom is 0.416 e. The number of benzene rings is 2. The molecule has 0 saturated heterocycles. The van der Waals surface area contributed by atoms with Gasteiger partial charge in [-0.3, -0.25) is 14.4 Å². The molecule has 0 aliphatic carbocycles. The lowest BCUT2D eigenvalue weighted by atomic mass is 9.82. The Bertz CT molecular complexity index is 1180. The number of carbonyl (C=O) groups excluding carboxylic acids is 3. The quantitative estimate of drug-likeness (QED) is 0.626. The van der Waals surface area contributed by atoms with E-state index in [1.54, 1.807) is 24.3 Å². The second kappa shape index (κ2) is 10.1. The second-order valence-electron chi connectivity index (χ2n) is 10.0. The fraction of sp³-hybridized carbons (Fsp3) is 0.385. The second-order valence-corrected chi connectivity index (χ2v) is 10.0. The van der Waals surface area contributed by atoms with Crippen molar-refractivity contribution in [1.29, 1.82) is 0 Å². The summed E-state index contributed by atoms with van der Waals surface area (Å²) in [7, 11) is 1.53. The van der Waals surface area contributed by atoms with Crippen molar-refractivity contribution in [2.75, 3.05) is 11.9 Å². The zero-order valence-electron chi connectivity index (χ0n) is 20.5. The number of primary amides is 1. The first-order valence-corrected chi connectivity index (χ1v) is 11.4. The first kappa shape index (κ1) is 26.9. The molecular weight excluding hydrogens is 473 g/mol. The normalized spacial score (nSPS) is 17.1. The number of carbonyl (C=O) groups is 3. The largest absolute Gasteiger partial charge is 0.416 e. The van der Waals surface area contributed by atoms with Crippen molar-refractivity contribution < 1.29 is 27.6 Å². The highest BCUT2D eigenvalue weighted by atomic mass is 19.4. The van der Waals surface area contributed by atoms with Gasteiger partial charge in [0, 0.05) is 30.5 Å². The van der Waals surface area contributed by atoms with Crippen LogP contribution in [0.2, 0.25) is 0 Å². The molecule has 7 nitrogen and oxygen atoms in total. The van der Waals surface area contributed by atoms with Gasteiger partial charge < -0.3 is 16.0 Å². The van der Waals surface area contributed by atoms with Crippen LogP contribution in [0.15, 0.2) is 53.5 Å². The predicted octanol–water partition coefficient (Wildman–Crippen LogP) is 3.89. The highest BCUT2D eigenvalue weighted by Gasteiger charge is 2.35. The molecule has 0 spiro atoms. The Morgan fingerprint density at radius 1 is 1.08 bits per heavy atom. The highest BCUT2D eigenvalue weighted by molar-refractivity contribution is 6.20. The molecule has 192 valence electrons. The Hall–Kier alpha value is -3.69. The van der Waals surface area contributed by atoms with Crippen LogP contribution in [0.4, 0.5) is 18.9 Å². The SMILES string of the molecule is CN1C(=O)C(NC(=O)C(CC(N)=O)CC(C)(C)C)N=C(c2ccc(C(F)(F)F)cc2)c2ccccc21. The van der Waals surface area contributed by atoms with E-state index in [0.717, 1.165) is 12.1 Å². The lowest BCUT2D eigenvalue weighted by Crippen LogP contribution is -2.48. The monoisotopic (exact) mass is 502 g/mol. The van der Waals surface area contributed by atoms with Gasteiger partial charge in [-0.2, -0.15) is 13.2 Å². The van der Waals surface area contributed by atoms with E-state index in [1.807, 2.05) is 20.8 Å². The van der Waals surface area contributed by atoms with E-state index in [9.17, 15) is 27.6 Å². The average molecular weight is 503 g/mol. The van der Waals surface area contributed by atoms with Crippen LogP contribution in [-0.2, 0) is 20.6 Å². The minimum atomic E-state index is -4.50. The highest BCUT2D eigenvalue weighted by Crippen LogP contribution is 2.32. The van der Waals surface area contributed by atoms with Crippen LogP contribution in [-0.4, -0.2) is 36.6 Å². The zero-order valence-corrected chi connectivity index (χ0v) is 20.5. The molecule has 2 aromatic rings. The number of alkyl halides is 3. The van der Waals surface area contributed by atoms with E-state index < -0.39 is 41.5 Å². The van der Waals surface area contributed by atoms with Gasteiger partial charge in [-0.1, -0.05) is 51.1 Å². The van der Waals surface area contributed by atoms with Gasteiger partial charge in [0.05, 0.1) is 17.0 Å². The van der Waals surface area contributed by atoms with Crippen LogP contribution < -0.4 is 16.0 Å². The standard InChI is InChI=1S/C26H29F3N4O3/c1-25(2,3)14-16(13-20(30)34)23(35)32-22-24(36)33(4)19-8-6-5-7-18(19)21(31-22)15-9-11-17(12-10-15)26(27,28)29/h5-12,16,22H,13-14H2,1-4H3,(H2,30,34)(H,32,35). The maximum absolute atomic E-state index is 13.3. The van der Waals surface area contributed by atoms with Gasteiger partial charge in [0.15, 0.2) is 0 Å². The molecule has 2 unspecified atom stereocenters. The number of rotatable bonds is 6. The first-order valence-electron chi connectivity index (χ1n) is 11.4. The first-order chi connectivity index (χ1) is 16.7. The van der Waals surface area contributed by atoms with Crippen molar-refractivity contribution in [2.45, 2.75) is 46.0 Å². The molecule has 3 N–H and O–H groups in total. The van der Waals surface area contributed by atoms with Crippen molar-refractivity contribution in [2.24, 2.45) is 22.1 Å². The summed E-state index contributed by atoms with van der Waals surface area (Å²) >= 11 is 0. The Labute approximate surface area is 207 Å². The summed E-state index contributed by atoms with van der Waals surface area (Å²) in [6.07, 6.45) is -5.72. The van der Waals surface area contributed by atoms with Crippen LogP contribution in [0.3, 0.4) is 0 Å². The number of amides is 3. The van der Waals surface area contributed by atoms with Crippen LogP contribution in [0.5, 0.6) is 0 Å². The van der Waals surface area contributed by atoms with Gasteiger partial charge in [0.1, 0.15) is 0 Å². The Morgan fingerprint density at radius 3 is 2.25 bits per heavy atom. The molecule has 0 fully saturated rings. The molecule has 10 heteroatoms. The number of nitrogens with zero attached hydrogens (tertiary/aromatic N) is 2. The Balaban J connectivity index is 2.05. The van der Waals surface area contributed by atoms with Crippen LogP contribution in [0.1, 0.15) is 50.3 Å². The number of anilines is 1. The average Bonchev–Trinajstić information content (AvgIpc) is 2.88. The van der Waals surface area contributed by atoms with Gasteiger partial charge in [0.25, 0.3) is 5.91 Å². The number of nitrogens with one attached hydrogen (secondary N) is 1. The molecule has 1 aliphatic rings. The van der Waals surface area contributed by atoms with E-state index in [-0.39, 0.29) is 17.5 Å². The summed E-state index contributed by atoms with van der Waals surface area (Å²) in [6.45, 7) is 5.74. The van der Waals surface area contributed by atoms with Crippen molar-refractivity contribution in [1.82, 2.24) is 5.32 Å². The van der Waals surface area contributed by atoms with E-state index in [0.29, 0.717) is 23.2 Å². The van der Waals surface area contributed by atoms with Gasteiger partial charge in [-0.15, -0.1) is 0 Å². The predicted molar refractivity (Wildman–Crippen MR) is 130 cm³/mol.